The van der Waals surface area contributed by atoms with Crippen molar-refractivity contribution in [2.24, 2.45) is 0 Å². The fourth-order valence-electron chi connectivity index (χ4n) is 1.31. The molecule has 0 N–H and O–H groups in total. The van der Waals surface area contributed by atoms with Crippen LogP contribution in [0.2, 0.25) is 0 Å². The summed E-state index contributed by atoms with van der Waals surface area (Å²) in [6.45, 7) is 1.62. The number of nitrogens with zero attached hydrogens (tertiary/aromatic N) is 1. The van der Waals surface area contributed by atoms with E-state index < -0.39 is 6.43 Å². The average molecular weight is 213 g/mol. The molecule has 0 unspecified atom stereocenters. The molecule has 0 atom stereocenters. The first-order valence-electron chi connectivity index (χ1n) is 3.97. The molecule has 0 saturated carbocycles. The van der Waals surface area contributed by atoms with Gasteiger partial charge in [0.15, 0.2) is 0 Å². The van der Waals surface area contributed by atoms with Gasteiger partial charge in [-0.3, -0.25) is 0 Å². The molecule has 0 aliphatic heterocycles. The molecule has 1 aromatic rings. The van der Waals surface area contributed by atoms with Gasteiger partial charge in [-0.15, -0.1) is 11.8 Å². The number of halogens is 2. The van der Waals surface area contributed by atoms with Crippen LogP contribution < -0.4 is 0 Å². The summed E-state index contributed by atoms with van der Waals surface area (Å²) in [4.78, 5) is 0.791. The Bertz CT molecular complexity index is 382. The van der Waals surface area contributed by atoms with Crippen molar-refractivity contribution in [2.75, 3.05) is 6.26 Å². The van der Waals surface area contributed by atoms with Gasteiger partial charge in [0.1, 0.15) is 0 Å². The SMILES string of the molecule is CSc1ccc(C#N)c(C(F)F)c1C. The van der Waals surface area contributed by atoms with Crippen LogP contribution in [0, 0.1) is 18.3 Å². The molecule has 1 rings (SSSR count). The zero-order valence-electron chi connectivity index (χ0n) is 7.84. The monoisotopic (exact) mass is 213 g/mol. The highest BCUT2D eigenvalue weighted by atomic mass is 32.2. The van der Waals surface area contributed by atoms with E-state index in [1.54, 1.807) is 19.1 Å². The number of hydrogen-bond donors (Lipinski definition) is 0. The van der Waals surface area contributed by atoms with Crippen LogP contribution in [0.1, 0.15) is 23.1 Å². The minimum Gasteiger partial charge on any atom is -0.205 e. The Labute approximate surface area is 85.7 Å². The lowest BCUT2D eigenvalue weighted by Crippen LogP contribution is -1.96. The third-order valence-corrected chi connectivity index (χ3v) is 2.91. The van der Waals surface area contributed by atoms with Crippen molar-refractivity contribution in [1.29, 1.82) is 5.26 Å². The normalized spacial score (nSPS) is 10.3. The predicted molar refractivity (Wildman–Crippen MR) is 52.6 cm³/mol. The molecule has 0 fully saturated rings. The molecule has 0 aliphatic carbocycles. The van der Waals surface area contributed by atoms with Gasteiger partial charge in [0.05, 0.1) is 11.6 Å². The molecule has 0 heterocycles. The van der Waals surface area contributed by atoms with E-state index in [4.69, 9.17) is 5.26 Å². The summed E-state index contributed by atoms with van der Waals surface area (Å²) < 4.78 is 25.3. The largest absolute Gasteiger partial charge is 0.265 e. The van der Waals surface area contributed by atoms with Crippen molar-refractivity contribution >= 4 is 11.8 Å². The second-order valence-corrected chi connectivity index (χ2v) is 3.61. The molecule has 0 spiro atoms. The molecule has 0 aromatic heterocycles. The van der Waals surface area contributed by atoms with E-state index in [1.807, 2.05) is 6.26 Å². The van der Waals surface area contributed by atoms with Gasteiger partial charge in [-0.1, -0.05) is 0 Å². The van der Waals surface area contributed by atoms with E-state index in [9.17, 15) is 8.78 Å². The molecule has 74 valence electrons. The summed E-state index contributed by atoms with van der Waals surface area (Å²) in [5, 5.41) is 8.67. The quantitative estimate of drug-likeness (QED) is 0.702. The highest BCUT2D eigenvalue weighted by Crippen LogP contribution is 2.31. The predicted octanol–water partition coefficient (Wildman–Crippen LogP) is 3.53. The summed E-state index contributed by atoms with van der Waals surface area (Å²) in [6.07, 6.45) is -0.763. The van der Waals surface area contributed by atoms with Crippen molar-refractivity contribution in [2.45, 2.75) is 18.2 Å². The van der Waals surface area contributed by atoms with E-state index >= 15 is 0 Å². The smallest absolute Gasteiger partial charge is 0.205 e. The highest BCUT2D eigenvalue weighted by molar-refractivity contribution is 7.98. The summed E-state index contributed by atoms with van der Waals surface area (Å²) in [7, 11) is 0. The van der Waals surface area contributed by atoms with Gasteiger partial charge in [0.2, 0.25) is 0 Å². The van der Waals surface area contributed by atoms with Crippen molar-refractivity contribution in [3.8, 4) is 6.07 Å². The molecular formula is C10H9F2NS. The van der Waals surface area contributed by atoms with Crippen molar-refractivity contribution in [3.63, 3.8) is 0 Å². The minimum atomic E-state index is -2.59. The Balaban J connectivity index is 3.41. The molecule has 0 bridgehead atoms. The fraction of sp³-hybridized carbons (Fsp3) is 0.300. The average Bonchev–Trinajstić information content (AvgIpc) is 2.16. The van der Waals surface area contributed by atoms with Gasteiger partial charge in [-0.05, 0) is 30.9 Å². The van der Waals surface area contributed by atoms with Crippen LogP contribution >= 0.6 is 11.8 Å². The van der Waals surface area contributed by atoms with Gasteiger partial charge in [0.25, 0.3) is 6.43 Å². The summed E-state index contributed by atoms with van der Waals surface area (Å²) in [6, 6.07) is 4.92. The Morgan fingerprint density at radius 3 is 2.50 bits per heavy atom. The Morgan fingerprint density at radius 2 is 2.07 bits per heavy atom. The summed E-state index contributed by atoms with van der Waals surface area (Å²) in [5.41, 5.74) is 0.432. The molecule has 14 heavy (non-hydrogen) atoms. The van der Waals surface area contributed by atoms with Gasteiger partial charge >= 0.3 is 0 Å². The summed E-state index contributed by atoms with van der Waals surface area (Å²) >= 11 is 1.40. The number of rotatable bonds is 2. The number of alkyl halides is 2. The van der Waals surface area contributed by atoms with E-state index in [1.165, 1.54) is 17.8 Å². The number of nitriles is 1. The van der Waals surface area contributed by atoms with Crippen LogP contribution in [0.15, 0.2) is 17.0 Å². The second-order valence-electron chi connectivity index (χ2n) is 2.77. The molecule has 0 amide bonds. The first-order chi connectivity index (χ1) is 6.61. The van der Waals surface area contributed by atoms with Crippen LogP contribution in [-0.4, -0.2) is 6.26 Å². The third kappa shape index (κ3) is 1.88. The van der Waals surface area contributed by atoms with Gasteiger partial charge in [-0.25, -0.2) is 8.78 Å². The van der Waals surface area contributed by atoms with Gasteiger partial charge in [-0.2, -0.15) is 5.26 Å². The molecular weight excluding hydrogens is 204 g/mol. The van der Waals surface area contributed by atoms with E-state index in [-0.39, 0.29) is 11.1 Å². The van der Waals surface area contributed by atoms with Crippen LogP contribution in [0.25, 0.3) is 0 Å². The first kappa shape index (κ1) is 11.0. The second kappa shape index (κ2) is 4.43. The van der Waals surface area contributed by atoms with Gasteiger partial charge in [0, 0.05) is 10.5 Å². The number of benzene rings is 1. The first-order valence-corrected chi connectivity index (χ1v) is 5.20. The maximum absolute atomic E-state index is 12.6. The molecule has 1 nitrogen and oxygen atoms in total. The molecule has 0 aliphatic rings. The molecule has 4 heteroatoms. The van der Waals surface area contributed by atoms with E-state index in [0.29, 0.717) is 5.56 Å². The lowest BCUT2D eigenvalue weighted by atomic mass is 10.0. The molecule has 1 aromatic carbocycles. The molecule has 0 saturated heterocycles. The fourth-order valence-corrected chi connectivity index (χ4v) is 1.93. The third-order valence-electron chi connectivity index (χ3n) is 2.02. The maximum Gasteiger partial charge on any atom is 0.265 e. The minimum absolute atomic E-state index is 0.0651. The Hall–Kier alpha value is -1.08. The van der Waals surface area contributed by atoms with Crippen LogP contribution in [0.3, 0.4) is 0 Å². The molecule has 0 radical (unpaired) electrons. The zero-order valence-corrected chi connectivity index (χ0v) is 8.66. The zero-order chi connectivity index (χ0) is 10.7. The number of thioether (sulfide) groups is 1. The lowest BCUT2D eigenvalue weighted by molar-refractivity contribution is 0.150. The van der Waals surface area contributed by atoms with E-state index in [0.717, 1.165) is 4.90 Å². The van der Waals surface area contributed by atoms with Crippen LogP contribution in [0.4, 0.5) is 8.78 Å². The topological polar surface area (TPSA) is 23.8 Å². The van der Waals surface area contributed by atoms with Crippen molar-refractivity contribution in [3.05, 3.63) is 28.8 Å². The van der Waals surface area contributed by atoms with Gasteiger partial charge < -0.3 is 0 Å². The lowest BCUT2D eigenvalue weighted by Gasteiger charge is -2.10. The highest BCUT2D eigenvalue weighted by Gasteiger charge is 2.17. The van der Waals surface area contributed by atoms with Crippen LogP contribution in [-0.2, 0) is 0 Å². The Morgan fingerprint density at radius 1 is 1.43 bits per heavy atom. The standard InChI is InChI=1S/C10H9F2NS/c1-6-8(14-2)4-3-7(5-13)9(6)10(11)12/h3-4,10H,1-2H3. The Kier molecular flexibility index (Phi) is 3.48. The van der Waals surface area contributed by atoms with E-state index in [2.05, 4.69) is 0 Å². The summed E-state index contributed by atoms with van der Waals surface area (Å²) in [5.74, 6) is 0. The van der Waals surface area contributed by atoms with Crippen molar-refractivity contribution in [1.82, 2.24) is 0 Å². The number of hydrogen-bond acceptors (Lipinski definition) is 2. The van der Waals surface area contributed by atoms with Crippen LogP contribution in [0.5, 0.6) is 0 Å². The maximum atomic E-state index is 12.6. The van der Waals surface area contributed by atoms with Crippen molar-refractivity contribution < 1.29 is 8.78 Å².